The fourth-order valence-corrected chi connectivity index (χ4v) is 1.61. The summed E-state index contributed by atoms with van der Waals surface area (Å²) in [6.07, 6.45) is -1.37. The van der Waals surface area contributed by atoms with E-state index < -0.39 is 23.7 Å². The first kappa shape index (κ1) is 13.2. The Kier molecular flexibility index (Phi) is 3.62. The molecule has 0 aliphatic carbocycles. The molecular formula is C13H10F2O4. The van der Waals surface area contributed by atoms with Crippen LogP contribution in [0.2, 0.25) is 0 Å². The van der Waals surface area contributed by atoms with Crippen LogP contribution in [0.3, 0.4) is 0 Å². The van der Waals surface area contributed by atoms with Gasteiger partial charge in [0.1, 0.15) is 23.5 Å². The molecule has 1 aromatic heterocycles. The Morgan fingerprint density at radius 1 is 1.26 bits per heavy atom. The molecule has 0 radical (unpaired) electrons. The highest BCUT2D eigenvalue weighted by Gasteiger charge is 2.19. The number of esters is 1. The van der Waals surface area contributed by atoms with Crippen LogP contribution in [0.25, 0.3) is 0 Å². The van der Waals surface area contributed by atoms with E-state index in [0.717, 1.165) is 12.1 Å². The molecule has 19 heavy (non-hydrogen) atoms. The SMILES string of the molecule is COC(=O)c1ccc(C(O)c2cc(F)cc(F)c2)o1. The van der Waals surface area contributed by atoms with Crippen LogP contribution in [0, 0.1) is 11.6 Å². The van der Waals surface area contributed by atoms with Crippen LogP contribution in [0.5, 0.6) is 0 Å². The van der Waals surface area contributed by atoms with Crippen molar-refractivity contribution in [3.63, 3.8) is 0 Å². The minimum Gasteiger partial charge on any atom is -0.463 e. The topological polar surface area (TPSA) is 59.7 Å². The summed E-state index contributed by atoms with van der Waals surface area (Å²) in [6.45, 7) is 0. The zero-order chi connectivity index (χ0) is 14.0. The van der Waals surface area contributed by atoms with Crippen LogP contribution in [0.15, 0.2) is 34.7 Å². The van der Waals surface area contributed by atoms with Crippen LogP contribution in [0.1, 0.15) is 28.0 Å². The first-order valence-corrected chi connectivity index (χ1v) is 5.33. The maximum absolute atomic E-state index is 13.0. The van der Waals surface area contributed by atoms with Crippen molar-refractivity contribution in [2.45, 2.75) is 6.10 Å². The third kappa shape index (κ3) is 2.79. The molecule has 0 spiro atoms. The van der Waals surface area contributed by atoms with Gasteiger partial charge >= 0.3 is 5.97 Å². The fourth-order valence-electron chi connectivity index (χ4n) is 1.61. The molecule has 2 rings (SSSR count). The van der Waals surface area contributed by atoms with Crippen molar-refractivity contribution in [2.24, 2.45) is 0 Å². The van der Waals surface area contributed by atoms with Crippen LogP contribution in [0.4, 0.5) is 8.78 Å². The number of carbonyl (C=O) groups is 1. The van der Waals surface area contributed by atoms with Crippen molar-refractivity contribution in [1.29, 1.82) is 0 Å². The normalized spacial score (nSPS) is 12.2. The van der Waals surface area contributed by atoms with E-state index in [1.54, 1.807) is 0 Å². The Morgan fingerprint density at radius 3 is 2.47 bits per heavy atom. The van der Waals surface area contributed by atoms with Gasteiger partial charge in [-0.1, -0.05) is 0 Å². The molecule has 6 heteroatoms. The van der Waals surface area contributed by atoms with Gasteiger partial charge in [0, 0.05) is 6.07 Å². The number of halogens is 2. The van der Waals surface area contributed by atoms with Crippen molar-refractivity contribution >= 4 is 5.97 Å². The number of hydrogen-bond donors (Lipinski definition) is 1. The van der Waals surface area contributed by atoms with E-state index in [0.29, 0.717) is 6.07 Å². The van der Waals surface area contributed by atoms with Gasteiger partial charge in [-0.25, -0.2) is 13.6 Å². The molecule has 1 aromatic carbocycles. The predicted octanol–water partition coefficient (Wildman–Crippen LogP) is 2.43. The van der Waals surface area contributed by atoms with Gasteiger partial charge in [-0.15, -0.1) is 0 Å². The van der Waals surface area contributed by atoms with Crippen molar-refractivity contribution < 1.29 is 27.8 Å². The summed E-state index contributed by atoms with van der Waals surface area (Å²) < 4.78 is 35.6. The molecular weight excluding hydrogens is 258 g/mol. The Balaban J connectivity index is 2.30. The highest BCUT2D eigenvalue weighted by Crippen LogP contribution is 2.25. The molecule has 4 nitrogen and oxygen atoms in total. The summed E-state index contributed by atoms with van der Waals surface area (Å²) >= 11 is 0. The van der Waals surface area contributed by atoms with Gasteiger partial charge in [0.05, 0.1) is 7.11 Å². The molecule has 0 saturated heterocycles. The quantitative estimate of drug-likeness (QED) is 0.868. The van der Waals surface area contributed by atoms with Gasteiger partial charge in [0.2, 0.25) is 5.76 Å². The molecule has 1 N–H and O–H groups in total. The second-order valence-electron chi connectivity index (χ2n) is 3.80. The zero-order valence-electron chi connectivity index (χ0n) is 9.89. The Labute approximate surface area is 107 Å². The predicted molar refractivity (Wildman–Crippen MR) is 60.5 cm³/mol. The summed E-state index contributed by atoms with van der Waals surface area (Å²) in [5, 5.41) is 9.93. The highest BCUT2D eigenvalue weighted by molar-refractivity contribution is 5.86. The van der Waals surface area contributed by atoms with E-state index in [1.165, 1.54) is 19.2 Å². The molecule has 0 bridgehead atoms. The number of carbonyl (C=O) groups excluding carboxylic acids is 1. The number of hydrogen-bond acceptors (Lipinski definition) is 4. The maximum Gasteiger partial charge on any atom is 0.373 e. The second kappa shape index (κ2) is 5.19. The lowest BCUT2D eigenvalue weighted by Gasteiger charge is -2.08. The second-order valence-corrected chi connectivity index (χ2v) is 3.80. The minimum absolute atomic E-state index is 0.00889. The third-order valence-corrected chi connectivity index (χ3v) is 2.48. The van der Waals surface area contributed by atoms with Crippen molar-refractivity contribution in [3.8, 4) is 0 Å². The Morgan fingerprint density at radius 2 is 1.89 bits per heavy atom. The van der Waals surface area contributed by atoms with Gasteiger partial charge in [0.15, 0.2) is 0 Å². The number of furan rings is 1. The highest BCUT2D eigenvalue weighted by atomic mass is 19.1. The van der Waals surface area contributed by atoms with E-state index in [4.69, 9.17) is 4.42 Å². The smallest absolute Gasteiger partial charge is 0.373 e. The molecule has 0 aliphatic heterocycles. The molecule has 0 aliphatic rings. The van der Waals surface area contributed by atoms with Crippen LogP contribution in [-0.2, 0) is 4.74 Å². The molecule has 100 valence electrons. The van der Waals surface area contributed by atoms with Crippen molar-refractivity contribution in [2.75, 3.05) is 7.11 Å². The molecule has 1 heterocycles. The summed E-state index contributed by atoms with van der Waals surface area (Å²) in [4.78, 5) is 11.2. The summed E-state index contributed by atoms with van der Waals surface area (Å²) in [7, 11) is 1.18. The molecule has 0 saturated carbocycles. The Hall–Kier alpha value is -2.21. The van der Waals surface area contributed by atoms with Gasteiger partial charge in [-0.3, -0.25) is 0 Å². The van der Waals surface area contributed by atoms with Crippen LogP contribution < -0.4 is 0 Å². The van der Waals surface area contributed by atoms with E-state index in [-0.39, 0.29) is 17.1 Å². The average molecular weight is 268 g/mol. The largest absolute Gasteiger partial charge is 0.463 e. The number of methoxy groups -OCH3 is 1. The lowest BCUT2D eigenvalue weighted by atomic mass is 10.1. The van der Waals surface area contributed by atoms with Gasteiger partial charge in [-0.05, 0) is 29.8 Å². The maximum atomic E-state index is 13.0. The average Bonchev–Trinajstić information content (AvgIpc) is 2.85. The standard InChI is InChI=1S/C13H10F2O4/c1-18-13(17)11-3-2-10(19-11)12(16)7-4-8(14)6-9(15)5-7/h2-6,12,16H,1H3. The van der Waals surface area contributed by atoms with Gasteiger partial charge in [0.25, 0.3) is 0 Å². The van der Waals surface area contributed by atoms with Crippen LogP contribution >= 0.6 is 0 Å². The van der Waals surface area contributed by atoms with E-state index in [1.807, 2.05) is 0 Å². The zero-order valence-corrected chi connectivity index (χ0v) is 9.89. The molecule has 2 aromatic rings. The lowest BCUT2D eigenvalue weighted by molar-refractivity contribution is 0.0558. The number of benzene rings is 1. The van der Waals surface area contributed by atoms with Gasteiger partial charge < -0.3 is 14.3 Å². The number of aliphatic hydroxyl groups is 1. The molecule has 0 amide bonds. The summed E-state index contributed by atoms with van der Waals surface area (Å²) in [5.74, 6) is -2.44. The van der Waals surface area contributed by atoms with E-state index in [2.05, 4.69) is 4.74 Å². The van der Waals surface area contributed by atoms with E-state index in [9.17, 15) is 18.7 Å². The lowest BCUT2D eigenvalue weighted by Crippen LogP contribution is -2.01. The number of ether oxygens (including phenoxy) is 1. The first-order valence-electron chi connectivity index (χ1n) is 5.33. The van der Waals surface area contributed by atoms with E-state index >= 15 is 0 Å². The first-order chi connectivity index (χ1) is 9.01. The minimum atomic E-state index is -1.37. The Bertz CT molecular complexity index is 586. The third-order valence-electron chi connectivity index (χ3n) is 2.48. The number of rotatable bonds is 3. The molecule has 1 unspecified atom stereocenters. The number of aliphatic hydroxyl groups excluding tert-OH is 1. The molecule has 0 fully saturated rings. The van der Waals surface area contributed by atoms with Gasteiger partial charge in [-0.2, -0.15) is 0 Å². The van der Waals surface area contributed by atoms with Crippen LogP contribution in [-0.4, -0.2) is 18.2 Å². The summed E-state index contributed by atoms with van der Waals surface area (Å²) in [6, 6.07) is 5.29. The monoisotopic (exact) mass is 268 g/mol. The van der Waals surface area contributed by atoms with Crippen molar-refractivity contribution in [3.05, 3.63) is 59.1 Å². The summed E-state index contributed by atoms with van der Waals surface area (Å²) in [5.41, 5.74) is -0.0109. The van der Waals surface area contributed by atoms with Crippen molar-refractivity contribution in [1.82, 2.24) is 0 Å². The fraction of sp³-hybridized carbons (Fsp3) is 0.154. The molecule has 1 atom stereocenters.